The Balaban J connectivity index is 2.53. The Morgan fingerprint density at radius 1 is 1.42 bits per heavy atom. The second-order valence-corrected chi connectivity index (χ2v) is 2.40. The van der Waals surface area contributed by atoms with Crippen molar-refractivity contribution in [3.63, 3.8) is 0 Å². The van der Waals surface area contributed by atoms with Crippen molar-refractivity contribution in [2.24, 2.45) is 5.73 Å². The summed E-state index contributed by atoms with van der Waals surface area (Å²) in [5.41, 5.74) is 7.56. The van der Waals surface area contributed by atoms with Crippen LogP contribution in [0.15, 0.2) is 24.3 Å². The van der Waals surface area contributed by atoms with Crippen LogP contribution >= 0.6 is 0 Å². The molecule has 1 aromatic rings. The zero-order valence-corrected chi connectivity index (χ0v) is 7.08. The van der Waals surface area contributed by atoms with Gasteiger partial charge in [0.05, 0.1) is 0 Å². The van der Waals surface area contributed by atoms with Crippen LogP contribution in [0.1, 0.15) is 5.56 Å². The fourth-order valence-corrected chi connectivity index (χ4v) is 0.864. The van der Waals surface area contributed by atoms with E-state index in [0.717, 1.165) is 11.3 Å². The molecule has 4 heteroatoms. The van der Waals surface area contributed by atoms with Crippen molar-refractivity contribution in [2.75, 3.05) is 12.3 Å². The summed E-state index contributed by atoms with van der Waals surface area (Å²) in [5, 5.41) is 2.96. The third kappa shape index (κ3) is 2.56. The van der Waals surface area contributed by atoms with Crippen molar-refractivity contribution in [3.8, 4) is 0 Å². The summed E-state index contributed by atoms with van der Waals surface area (Å²) >= 11 is 0. The van der Waals surface area contributed by atoms with E-state index in [0.29, 0.717) is 6.54 Å². The first-order valence-electron chi connectivity index (χ1n) is 3.77. The molecule has 63 valence electrons. The maximum atomic E-state index is 5.45. The summed E-state index contributed by atoms with van der Waals surface area (Å²) in [5.74, 6) is 0. The van der Waals surface area contributed by atoms with Gasteiger partial charge in [-0.15, -0.1) is 0 Å². The van der Waals surface area contributed by atoms with Gasteiger partial charge >= 0.3 is 7.62 Å². The highest BCUT2D eigenvalue weighted by molar-refractivity contribution is 6.32. The molecule has 1 rings (SSSR count). The van der Waals surface area contributed by atoms with E-state index in [1.54, 1.807) is 7.11 Å². The van der Waals surface area contributed by atoms with E-state index in [2.05, 4.69) is 5.23 Å². The van der Waals surface area contributed by atoms with Gasteiger partial charge in [0.25, 0.3) is 0 Å². The molecule has 0 aliphatic rings. The van der Waals surface area contributed by atoms with Gasteiger partial charge in [0.15, 0.2) is 0 Å². The minimum Gasteiger partial charge on any atom is -0.422 e. The molecule has 0 fully saturated rings. The number of hydrogen-bond acceptors (Lipinski definition) is 3. The van der Waals surface area contributed by atoms with Crippen molar-refractivity contribution < 1.29 is 4.65 Å². The van der Waals surface area contributed by atoms with E-state index in [9.17, 15) is 0 Å². The van der Waals surface area contributed by atoms with E-state index in [4.69, 9.17) is 10.4 Å². The highest BCUT2D eigenvalue weighted by Crippen LogP contribution is 2.07. The largest absolute Gasteiger partial charge is 0.435 e. The van der Waals surface area contributed by atoms with Gasteiger partial charge in [-0.3, -0.25) is 0 Å². The maximum Gasteiger partial charge on any atom is 0.435 e. The third-order valence-corrected chi connectivity index (χ3v) is 1.53. The molecule has 0 saturated heterocycles. The van der Waals surface area contributed by atoms with Gasteiger partial charge in [-0.2, -0.15) is 0 Å². The zero-order valence-electron chi connectivity index (χ0n) is 7.08. The standard InChI is InChI=1S/C8H12BN2O/c1-12-9-11-8-4-2-7(6-10)3-5-8/h2-5,11H,6,10H2,1H3. The van der Waals surface area contributed by atoms with Gasteiger partial charge in [-0.1, -0.05) is 12.1 Å². The van der Waals surface area contributed by atoms with Crippen molar-refractivity contribution in [3.05, 3.63) is 29.8 Å². The number of benzene rings is 1. The van der Waals surface area contributed by atoms with Gasteiger partial charge in [0.1, 0.15) is 0 Å². The first kappa shape index (κ1) is 9.10. The first-order valence-corrected chi connectivity index (χ1v) is 3.77. The monoisotopic (exact) mass is 163 g/mol. The highest BCUT2D eigenvalue weighted by Gasteiger charge is 1.92. The van der Waals surface area contributed by atoms with Crippen LogP contribution in [-0.4, -0.2) is 14.7 Å². The van der Waals surface area contributed by atoms with Crippen LogP contribution in [0.4, 0.5) is 5.69 Å². The summed E-state index contributed by atoms with van der Waals surface area (Å²) in [6, 6.07) is 7.87. The van der Waals surface area contributed by atoms with Crippen LogP contribution in [0.25, 0.3) is 0 Å². The second-order valence-electron chi connectivity index (χ2n) is 2.40. The van der Waals surface area contributed by atoms with Crippen molar-refractivity contribution in [1.29, 1.82) is 0 Å². The number of nitrogens with one attached hydrogen (secondary N) is 1. The van der Waals surface area contributed by atoms with E-state index >= 15 is 0 Å². The van der Waals surface area contributed by atoms with Gasteiger partial charge in [0, 0.05) is 19.3 Å². The Kier molecular flexibility index (Phi) is 3.64. The minimum absolute atomic E-state index is 0.578. The summed E-state index contributed by atoms with van der Waals surface area (Å²) in [6.07, 6.45) is 0. The van der Waals surface area contributed by atoms with E-state index < -0.39 is 0 Å². The topological polar surface area (TPSA) is 47.3 Å². The molecule has 0 spiro atoms. The van der Waals surface area contributed by atoms with Gasteiger partial charge in [-0.05, 0) is 17.7 Å². The summed E-state index contributed by atoms with van der Waals surface area (Å²) in [6.45, 7) is 0.578. The highest BCUT2D eigenvalue weighted by atomic mass is 16.4. The molecule has 0 saturated carbocycles. The quantitative estimate of drug-likeness (QED) is 0.643. The predicted molar refractivity (Wildman–Crippen MR) is 50.7 cm³/mol. The van der Waals surface area contributed by atoms with Crippen molar-refractivity contribution in [1.82, 2.24) is 0 Å². The van der Waals surface area contributed by atoms with Gasteiger partial charge in [0.2, 0.25) is 0 Å². The summed E-state index contributed by atoms with van der Waals surface area (Å²) < 4.78 is 4.74. The number of rotatable bonds is 4. The SMILES string of the molecule is CO[B]Nc1ccc(CN)cc1. The Morgan fingerprint density at radius 2 is 2.08 bits per heavy atom. The lowest BCUT2D eigenvalue weighted by Gasteiger charge is -2.03. The fraction of sp³-hybridized carbons (Fsp3) is 0.250. The lowest BCUT2D eigenvalue weighted by molar-refractivity contribution is 0.446. The van der Waals surface area contributed by atoms with Crippen LogP contribution in [0.2, 0.25) is 0 Å². The van der Waals surface area contributed by atoms with Crippen LogP contribution in [0, 0.1) is 0 Å². The Morgan fingerprint density at radius 3 is 2.58 bits per heavy atom. The van der Waals surface area contributed by atoms with Crippen LogP contribution in [-0.2, 0) is 11.2 Å². The Bertz CT molecular complexity index is 225. The van der Waals surface area contributed by atoms with Crippen molar-refractivity contribution >= 4 is 13.3 Å². The number of hydrogen-bond donors (Lipinski definition) is 2. The van der Waals surface area contributed by atoms with Gasteiger partial charge in [-0.25, -0.2) is 0 Å². The molecule has 3 N–H and O–H groups in total. The molecule has 12 heavy (non-hydrogen) atoms. The molecular weight excluding hydrogens is 151 g/mol. The average molecular weight is 163 g/mol. The van der Waals surface area contributed by atoms with Crippen molar-refractivity contribution in [2.45, 2.75) is 6.54 Å². The minimum atomic E-state index is 0.578. The zero-order chi connectivity index (χ0) is 8.81. The van der Waals surface area contributed by atoms with E-state index in [1.165, 1.54) is 7.62 Å². The summed E-state index contributed by atoms with van der Waals surface area (Å²) in [4.78, 5) is 0. The maximum absolute atomic E-state index is 5.45. The first-order chi connectivity index (χ1) is 5.86. The molecule has 0 aliphatic carbocycles. The molecule has 0 heterocycles. The Labute approximate surface area is 73.2 Å². The lowest BCUT2D eigenvalue weighted by Crippen LogP contribution is -2.08. The third-order valence-electron chi connectivity index (χ3n) is 1.53. The summed E-state index contributed by atoms with van der Waals surface area (Å²) in [7, 11) is 3.12. The van der Waals surface area contributed by atoms with Crippen LogP contribution < -0.4 is 11.0 Å². The molecule has 0 atom stereocenters. The second kappa shape index (κ2) is 4.80. The molecule has 1 aromatic carbocycles. The lowest BCUT2D eigenvalue weighted by atomic mass is 10.1. The van der Waals surface area contributed by atoms with Gasteiger partial charge < -0.3 is 15.6 Å². The van der Waals surface area contributed by atoms with Crippen LogP contribution in [0.3, 0.4) is 0 Å². The number of nitrogens with two attached hydrogens (primary N) is 1. The fourth-order valence-electron chi connectivity index (χ4n) is 0.864. The molecule has 0 aromatic heterocycles. The molecule has 0 aliphatic heterocycles. The molecule has 0 amide bonds. The van der Waals surface area contributed by atoms with Crippen LogP contribution in [0.5, 0.6) is 0 Å². The Hall–Kier alpha value is -0.995. The normalized spacial score (nSPS) is 9.50. The van der Waals surface area contributed by atoms with E-state index in [-0.39, 0.29) is 0 Å². The smallest absolute Gasteiger partial charge is 0.422 e. The molecule has 1 radical (unpaired) electrons. The molecule has 0 bridgehead atoms. The molecular formula is C8H12BN2O. The molecule has 0 unspecified atom stereocenters. The predicted octanol–water partition coefficient (Wildman–Crippen LogP) is 0.738. The van der Waals surface area contributed by atoms with E-state index in [1.807, 2.05) is 24.3 Å². The molecule has 3 nitrogen and oxygen atoms in total. The average Bonchev–Trinajstić information content (AvgIpc) is 2.15. The number of anilines is 1.